The van der Waals surface area contributed by atoms with Crippen molar-refractivity contribution in [3.05, 3.63) is 93.5 Å². The molecule has 5 nitrogen and oxygen atoms in total. The van der Waals surface area contributed by atoms with Crippen LogP contribution >= 0.6 is 11.6 Å². The van der Waals surface area contributed by atoms with Crippen LogP contribution in [-0.4, -0.2) is 30.4 Å². The summed E-state index contributed by atoms with van der Waals surface area (Å²) in [6, 6.07) is 17.9. The molecule has 3 aromatic rings. The van der Waals surface area contributed by atoms with Gasteiger partial charge < -0.3 is 13.7 Å². The first kappa shape index (κ1) is 31.8. The molecule has 0 N–H and O–H groups in total. The third-order valence-corrected chi connectivity index (χ3v) is 12.5. The second-order valence-corrected chi connectivity index (χ2v) is 17.0. The Kier molecular flexibility index (Phi) is 11.4. The first-order valence-corrected chi connectivity index (χ1v) is 17.6. The number of aryl methyl sites for hydroxylation is 1. The molecule has 7 heteroatoms. The monoisotopic (exact) mass is 580 g/mol. The van der Waals surface area contributed by atoms with Gasteiger partial charge in [0.1, 0.15) is 5.82 Å². The van der Waals surface area contributed by atoms with Gasteiger partial charge in [0.25, 0.3) is 0 Å². The lowest BCUT2D eigenvalue weighted by atomic mass is 10.0. The molecule has 0 amide bonds. The quantitative estimate of drug-likeness (QED) is 0.115. The van der Waals surface area contributed by atoms with Crippen LogP contribution in [0.2, 0.25) is 23.2 Å². The molecular formula is C33H45ClN2O3Si. The number of benzene rings is 2. The van der Waals surface area contributed by atoms with Gasteiger partial charge in [0.2, 0.25) is 0 Å². The van der Waals surface area contributed by atoms with Gasteiger partial charge >= 0.3 is 5.97 Å². The van der Waals surface area contributed by atoms with Crippen LogP contribution < -0.4 is 0 Å². The highest BCUT2D eigenvalue weighted by molar-refractivity contribution is 6.74. The number of imidazole rings is 1. The maximum Gasteiger partial charge on any atom is 0.334 e. The van der Waals surface area contributed by atoms with Crippen LogP contribution in [0.3, 0.4) is 0 Å². The number of carbonyl (C=O) groups excluding carboxylic acids is 1. The number of aromatic nitrogens is 2. The molecular weight excluding hydrogens is 536 g/mol. The van der Waals surface area contributed by atoms with E-state index in [1.807, 2.05) is 67.6 Å². The summed E-state index contributed by atoms with van der Waals surface area (Å²) in [6.45, 7) is 16.5. The number of nitrogens with zero attached hydrogens (tertiary/aromatic N) is 2. The van der Waals surface area contributed by atoms with Crippen LogP contribution in [0.25, 0.3) is 6.08 Å². The molecule has 1 aromatic heterocycles. The highest BCUT2D eigenvalue weighted by Crippen LogP contribution is 2.37. The maximum absolute atomic E-state index is 13.2. The van der Waals surface area contributed by atoms with Gasteiger partial charge in [-0.15, -0.1) is 0 Å². The van der Waals surface area contributed by atoms with Crippen LogP contribution in [0.5, 0.6) is 0 Å². The van der Waals surface area contributed by atoms with Crippen molar-refractivity contribution >= 4 is 32.0 Å². The lowest BCUT2D eigenvalue weighted by Gasteiger charge is -2.36. The molecule has 0 aliphatic heterocycles. The number of unbranched alkanes of at least 4 members (excludes halogenated alkanes) is 1. The topological polar surface area (TPSA) is 53.4 Å². The van der Waals surface area contributed by atoms with E-state index in [9.17, 15) is 4.79 Å². The molecule has 0 atom stereocenters. The van der Waals surface area contributed by atoms with Gasteiger partial charge in [0, 0.05) is 23.4 Å². The van der Waals surface area contributed by atoms with Gasteiger partial charge in [0.05, 0.1) is 31.1 Å². The number of hydrogen-bond acceptors (Lipinski definition) is 4. The van der Waals surface area contributed by atoms with Crippen LogP contribution in [0, 0.1) is 0 Å². The van der Waals surface area contributed by atoms with Crippen molar-refractivity contribution in [2.24, 2.45) is 0 Å². The standard InChI is InChI=1S/C33H45ClN2O3Si/c1-8-10-20-31-35-29(24-39-40(6,7)33(3,4)5)30(36(31)23-26-18-14-15-19-28(26)34)22-27(32(37)38-9-2)21-25-16-12-11-13-17-25/h11-19,22H,8-10,20-21,23-24H2,1-7H3. The van der Waals surface area contributed by atoms with E-state index in [2.05, 4.69) is 45.4 Å². The molecule has 3 rings (SSSR count). The highest BCUT2D eigenvalue weighted by Gasteiger charge is 2.37. The fourth-order valence-corrected chi connectivity index (χ4v) is 5.31. The molecule has 216 valence electrons. The number of ether oxygens (including phenoxy) is 1. The van der Waals surface area contributed by atoms with Gasteiger partial charge in [-0.2, -0.15) is 0 Å². The molecule has 1 heterocycles. The molecule has 0 aliphatic carbocycles. The summed E-state index contributed by atoms with van der Waals surface area (Å²) in [5, 5.41) is 0.777. The average molecular weight is 581 g/mol. The van der Waals surface area contributed by atoms with Crippen LogP contribution in [0.15, 0.2) is 60.2 Å². The van der Waals surface area contributed by atoms with E-state index >= 15 is 0 Å². The number of hydrogen-bond donors (Lipinski definition) is 0. The van der Waals surface area contributed by atoms with Gasteiger partial charge in [-0.05, 0) is 54.7 Å². The molecule has 0 aliphatic rings. The summed E-state index contributed by atoms with van der Waals surface area (Å²) in [4.78, 5) is 18.4. The summed E-state index contributed by atoms with van der Waals surface area (Å²) in [5.41, 5.74) is 4.36. The molecule has 0 saturated heterocycles. The molecule has 0 saturated carbocycles. The zero-order valence-electron chi connectivity index (χ0n) is 25.2. The Balaban J connectivity index is 2.19. The Morgan fingerprint density at radius 2 is 1.73 bits per heavy atom. The summed E-state index contributed by atoms with van der Waals surface area (Å²) < 4.78 is 14.4. The Bertz CT molecular complexity index is 1290. The fourth-order valence-electron chi connectivity index (χ4n) is 4.19. The van der Waals surface area contributed by atoms with Gasteiger partial charge in [0.15, 0.2) is 8.32 Å². The Labute approximate surface area is 246 Å². The zero-order valence-corrected chi connectivity index (χ0v) is 27.0. The number of esters is 1. The second kappa shape index (κ2) is 14.3. The van der Waals surface area contributed by atoms with Crippen molar-refractivity contribution in [1.29, 1.82) is 0 Å². The maximum atomic E-state index is 13.2. The Morgan fingerprint density at radius 1 is 1.05 bits per heavy atom. The lowest BCUT2D eigenvalue weighted by molar-refractivity contribution is -0.138. The van der Waals surface area contributed by atoms with Crippen LogP contribution in [0.4, 0.5) is 0 Å². The third-order valence-electron chi connectivity index (χ3n) is 7.66. The third kappa shape index (κ3) is 8.42. The average Bonchev–Trinajstić information content (AvgIpc) is 3.23. The van der Waals surface area contributed by atoms with E-state index < -0.39 is 8.32 Å². The van der Waals surface area contributed by atoms with E-state index in [4.69, 9.17) is 25.7 Å². The zero-order chi connectivity index (χ0) is 29.3. The first-order chi connectivity index (χ1) is 19.0. The van der Waals surface area contributed by atoms with E-state index in [0.29, 0.717) is 36.8 Å². The van der Waals surface area contributed by atoms with Crippen LogP contribution in [-0.2, 0) is 40.0 Å². The summed E-state index contributed by atoms with van der Waals surface area (Å²) in [5.74, 6) is 0.660. The van der Waals surface area contributed by atoms with Crippen molar-refractivity contribution in [3.8, 4) is 0 Å². The summed E-state index contributed by atoms with van der Waals surface area (Å²) >= 11 is 6.62. The first-order valence-electron chi connectivity index (χ1n) is 14.3. The minimum Gasteiger partial charge on any atom is -0.463 e. The van der Waals surface area contributed by atoms with Gasteiger partial charge in [-0.25, -0.2) is 9.78 Å². The molecule has 40 heavy (non-hydrogen) atoms. The Morgan fingerprint density at radius 3 is 2.35 bits per heavy atom. The van der Waals surface area contributed by atoms with E-state index in [1.54, 1.807) is 0 Å². The minimum atomic E-state index is -2.05. The predicted molar refractivity (Wildman–Crippen MR) is 168 cm³/mol. The van der Waals surface area contributed by atoms with E-state index in [0.717, 1.165) is 47.6 Å². The predicted octanol–water partition coefficient (Wildman–Crippen LogP) is 8.64. The van der Waals surface area contributed by atoms with Crippen molar-refractivity contribution in [2.75, 3.05) is 6.61 Å². The summed E-state index contributed by atoms with van der Waals surface area (Å²) in [7, 11) is -2.05. The number of rotatable bonds is 13. The smallest absolute Gasteiger partial charge is 0.334 e. The SMILES string of the molecule is CCCCc1nc(CO[Si](C)(C)C(C)(C)C)c(C=C(Cc2ccccc2)C(=O)OCC)n1Cc1ccccc1Cl. The normalized spacial score (nSPS) is 12.6. The molecule has 0 unspecified atom stereocenters. The van der Waals surface area contributed by atoms with Gasteiger partial charge in [-0.1, -0.05) is 94.2 Å². The molecule has 0 fully saturated rings. The van der Waals surface area contributed by atoms with E-state index in [1.165, 1.54) is 0 Å². The van der Waals surface area contributed by atoms with Crippen molar-refractivity contribution in [2.45, 2.75) is 91.6 Å². The second-order valence-electron chi connectivity index (χ2n) is 11.7. The lowest BCUT2D eigenvalue weighted by Crippen LogP contribution is -2.40. The minimum absolute atomic E-state index is 0.0670. The molecule has 2 aromatic carbocycles. The molecule has 0 spiro atoms. The van der Waals surface area contributed by atoms with Crippen molar-refractivity contribution < 1.29 is 14.0 Å². The largest absolute Gasteiger partial charge is 0.463 e. The Hall–Kier alpha value is -2.67. The van der Waals surface area contributed by atoms with Gasteiger partial charge in [-0.3, -0.25) is 0 Å². The van der Waals surface area contributed by atoms with Crippen molar-refractivity contribution in [1.82, 2.24) is 9.55 Å². The summed E-state index contributed by atoms with van der Waals surface area (Å²) in [6.07, 6.45) is 5.33. The molecule has 0 bridgehead atoms. The number of halogens is 1. The van der Waals surface area contributed by atoms with Crippen molar-refractivity contribution in [3.63, 3.8) is 0 Å². The van der Waals surface area contributed by atoms with Crippen LogP contribution in [0.1, 0.15) is 75.8 Å². The number of carbonyl (C=O) groups is 1. The highest BCUT2D eigenvalue weighted by atomic mass is 35.5. The fraction of sp³-hybridized carbons (Fsp3) is 0.455. The van der Waals surface area contributed by atoms with E-state index in [-0.39, 0.29) is 11.0 Å². The molecule has 0 radical (unpaired) electrons.